The van der Waals surface area contributed by atoms with E-state index in [-0.39, 0.29) is 5.56 Å². The fourth-order valence-corrected chi connectivity index (χ4v) is 1.64. The molecule has 0 amide bonds. The van der Waals surface area contributed by atoms with E-state index in [4.69, 9.17) is 0 Å². The molecular weight excluding hydrogens is 341 g/mol. The summed E-state index contributed by atoms with van der Waals surface area (Å²) in [6.45, 7) is 0. The molecule has 0 spiro atoms. The van der Waals surface area contributed by atoms with Gasteiger partial charge in [0.1, 0.15) is 5.69 Å². The number of nitrogens with one attached hydrogen (secondary N) is 1. The van der Waals surface area contributed by atoms with E-state index in [1.54, 1.807) is 5.43 Å². The second-order valence-corrected chi connectivity index (χ2v) is 4.32. The normalized spacial score (nSPS) is 11.0. The Hall–Kier alpha value is -3.24. The molecule has 24 heavy (non-hydrogen) atoms. The molecule has 2 N–H and O–H groups in total. The lowest BCUT2D eigenvalue weighted by Crippen LogP contribution is -2.06. The van der Waals surface area contributed by atoms with Crippen LogP contribution in [-0.2, 0) is 0 Å². The third-order valence-corrected chi connectivity index (χ3v) is 2.80. The summed E-state index contributed by atoms with van der Waals surface area (Å²) in [6, 6.07) is 3.03. The summed E-state index contributed by atoms with van der Waals surface area (Å²) in [5.74, 6) is -11.4. The van der Waals surface area contributed by atoms with Crippen molar-refractivity contribution in [3.8, 4) is 5.75 Å². The maximum Gasteiger partial charge on any atom is 0.311 e. The summed E-state index contributed by atoms with van der Waals surface area (Å²) in [5.41, 5.74) is -0.370. The van der Waals surface area contributed by atoms with Gasteiger partial charge in [-0.25, -0.2) is 22.0 Å². The predicted molar refractivity (Wildman–Crippen MR) is 72.2 cm³/mol. The highest BCUT2D eigenvalue weighted by atomic mass is 19.2. The molecule has 2 rings (SSSR count). The van der Waals surface area contributed by atoms with Gasteiger partial charge in [0, 0.05) is 11.6 Å². The highest BCUT2D eigenvalue weighted by Gasteiger charge is 2.25. The molecule has 6 nitrogen and oxygen atoms in total. The number of phenolic OH excluding ortho intramolecular Hbond substituents is 1. The average molecular weight is 347 g/mol. The molecule has 0 aliphatic carbocycles. The molecular formula is C13H6F5N3O3. The van der Waals surface area contributed by atoms with E-state index in [0.29, 0.717) is 0 Å². The van der Waals surface area contributed by atoms with Gasteiger partial charge >= 0.3 is 5.69 Å². The molecule has 11 heteroatoms. The molecule has 0 saturated carbocycles. The number of nitro groups is 1. The van der Waals surface area contributed by atoms with E-state index in [2.05, 4.69) is 5.10 Å². The minimum Gasteiger partial charge on any atom is -0.502 e. The first kappa shape index (κ1) is 17.1. The van der Waals surface area contributed by atoms with E-state index >= 15 is 0 Å². The molecule has 2 aromatic carbocycles. The van der Waals surface area contributed by atoms with Crippen molar-refractivity contribution in [1.29, 1.82) is 0 Å². The lowest BCUT2D eigenvalue weighted by molar-refractivity contribution is -0.385. The van der Waals surface area contributed by atoms with E-state index in [1.165, 1.54) is 6.07 Å². The molecule has 0 aliphatic rings. The fraction of sp³-hybridized carbons (Fsp3) is 0. The molecule has 0 fully saturated rings. The van der Waals surface area contributed by atoms with Gasteiger partial charge in [0.25, 0.3) is 0 Å². The van der Waals surface area contributed by atoms with Crippen LogP contribution in [0.5, 0.6) is 5.75 Å². The first-order valence-corrected chi connectivity index (χ1v) is 6.02. The summed E-state index contributed by atoms with van der Waals surface area (Å²) < 4.78 is 65.6. The standard InChI is InChI=1S/C13H6F5N3O3/c14-8-9(15)11(17)13(12(18)10(8)16)20-19-4-5-1-2-7(22)6(3-5)21(23)24/h1-4,20,22H/b19-4+. The van der Waals surface area contributed by atoms with Crippen LogP contribution >= 0.6 is 0 Å². The molecule has 0 radical (unpaired) electrons. The van der Waals surface area contributed by atoms with Crippen molar-refractivity contribution in [2.45, 2.75) is 0 Å². The number of aromatic hydroxyl groups is 1. The average Bonchev–Trinajstić information content (AvgIpc) is 2.55. The molecule has 0 heterocycles. The van der Waals surface area contributed by atoms with Crippen molar-refractivity contribution in [1.82, 2.24) is 0 Å². The van der Waals surface area contributed by atoms with Crippen molar-refractivity contribution in [3.63, 3.8) is 0 Å². The minimum atomic E-state index is -2.31. The van der Waals surface area contributed by atoms with Crippen molar-refractivity contribution in [2.75, 3.05) is 5.43 Å². The number of phenols is 1. The second kappa shape index (κ2) is 6.48. The Morgan fingerprint density at radius 2 is 1.58 bits per heavy atom. The van der Waals surface area contributed by atoms with Gasteiger partial charge in [-0.05, 0) is 12.1 Å². The van der Waals surface area contributed by atoms with E-state index in [1.807, 2.05) is 0 Å². The maximum absolute atomic E-state index is 13.4. The Morgan fingerprint density at radius 3 is 2.12 bits per heavy atom. The highest BCUT2D eigenvalue weighted by molar-refractivity contribution is 5.82. The van der Waals surface area contributed by atoms with E-state index in [0.717, 1.165) is 18.3 Å². The monoisotopic (exact) mass is 347 g/mol. The quantitative estimate of drug-likeness (QED) is 0.221. The van der Waals surface area contributed by atoms with Crippen LogP contribution in [0.1, 0.15) is 5.56 Å². The van der Waals surface area contributed by atoms with Crippen molar-refractivity contribution >= 4 is 17.6 Å². The molecule has 2 aromatic rings. The number of hydrogen-bond acceptors (Lipinski definition) is 5. The first-order chi connectivity index (χ1) is 11.2. The third kappa shape index (κ3) is 3.09. The van der Waals surface area contributed by atoms with Crippen LogP contribution in [0.2, 0.25) is 0 Å². The zero-order valence-electron chi connectivity index (χ0n) is 11.4. The molecule has 0 unspecified atom stereocenters. The van der Waals surface area contributed by atoms with Gasteiger partial charge in [-0.1, -0.05) is 0 Å². The van der Waals surface area contributed by atoms with Crippen LogP contribution in [0.25, 0.3) is 0 Å². The van der Waals surface area contributed by atoms with Crippen LogP contribution in [0.3, 0.4) is 0 Å². The van der Waals surface area contributed by atoms with Crippen LogP contribution in [0.4, 0.5) is 33.3 Å². The maximum atomic E-state index is 13.4. The van der Waals surface area contributed by atoms with E-state index < -0.39 is 51.1 Å². The number of hydrazone groups is 1. The Bertz CT molecular complexity index is 828. The molecule has 0 saturated heterocycles. The summed E-state index contributed by atoms with van der Waals surface area (Å²) in [7, 11) is 0. The smallest absolute Gasteiger partial charge is 0.311 e. The lowest BCUT2D eigenvalue weighted by Gasteiger charge is -2.06. The summed E-state index contributed by atoms with van der Waals surface area (Å²) >= 11 is 0. The zero-order valence-corrected chi connectivity index (χ0v) is 11.4. The summed E-state index contributed by atoms with van der Waals surface area (Å²) in [4.78, 5) is 9.75. The van der Waals surface area contributed by atoms with Crippen LogP contribution in [0.15, 0.2) is 23.3 Å². The topological polar surface area (TPSA) is 87.8 Å². The van der Waals surface area contributed by atoms with Gasteiger partial charge in [-0.2, -0.15) is 5.10 Å². The minimum absolute atomic E-state index is 0.0240. The van der Waals surface area contributed by atoms with E-state index in [9.17, 15) is 37.2 Å². The van der Waals surface area contributed by atoms with Crippen LogP contribution < -0.4 is 5.43 Å². The van der Waals surface area contributed by atoms with Gasteiger partial charge in [0.2, 0.25) is 5.82 Å². The highest BCUT2D eigenvalue weighted by Crippen LogP contribution is 2.27. The second-order valence-electron chi connectivity index (χ2n) is 4.32. The van der Waals surface area contributed by atoms with Crippen molar-refractivity contribution in [2.24, 2.45) is 5.10 Å². The first-order valence-electron chi connectivity index (χ1n) is 6.02. The third-order valence-electron chi connectivity index (χ3n) is 2.80. The van der Waals surface area contributed by atoms with Gasteiger partial charge in [-0.15, -0.1) is 0 Å². The number of hydrogen-bond donors (Lipinski definition) is 2. The number of nitro benzene ring substituents is 1. The lowest BCUT2D eigenvalue weighted by atomic mass is 10.2. The zero-order chi connectivity index (χ0) is 18.0. The van der Waals surface area contributed by atoms with Gasteiger partial charge < -0.3 is 5.11 Å². The summed E-state index contributed by atoms with van der Waals surface area (Å²) in [6.07, 6.45) is 0.824. The molecule has 126 valence electrons. The number of halogens is 5. The number of benzene rings is 2. The van der Waals surface area contributed by atoms with Crippen LogP contribution in [0, 0.1) is 39.2 Å². The largest absolute Gasteiger partial charge is 0.502 e. The molecule has 0 aromatic heterocycles. The predicted octanol–water partition coefficient (Wildman–Crippen LogP) is 3.44. The number of anilines is 1. The molecule has 0 atom stereocenters. The Morgan fingerprint density at radius 1 is 1.04 bits per heavy atom. The Labute approximate surface area is 130 Å². The Balaban J connectivity index is 2.31. The van der Waals surface area contributed by atoms with Crippen LogP contribution in [-0.4, -0.2) is 16.2 Å². The number of nitrogens with zero attached hydrogens (tertiary/aromatic N) is 2. The fourth-order valence-electron chi connectivity index (χ4n) is 1.64. The molecule has 0 aliphatic heterocycles. The molecule has 0 bridgehead atoms. The Kier molecular flexibility index (Phi) is 4.62. The van der Waals surface area contributed by atoms with Crippen molar-refractivity contribution < 1.29 is 32.0 Å². The number of rotatable bonds is 4. The van der Waals surface area contributed by atoms with Gasteiger partial charge in [0.15, 0.2) is 29.0 Å². The van der Waals surface area contributed by atoms with Crippen molar-refractivity contribution in [3.05, 3.63) is 63.0 Å². The SMILES string of the molecule is O=[N+]([O-])c1cc(/C=N/Nc2c(F)c(F)c(F)c(F)c2F)ccc1O. The van der Waals surface area contributed by atoms with Gasteiger partial charge in [0.05, 0.1) is 11.1 Å². The summed E-state index contributed by atoms with van der Waals surface area (Å²) in [5, 5.41) is 23.1. The van der Waals surface area contributed by atoms with Gasteiger partial charge in [-0.3, -0.25) is 15.5 Å².